The van der Waals surface area contributed by atoms with Gasteiger partial charge in [-0.15, -0.1) is 0 Å². The van der Waals surface area contributed by atoms with Crippen LogP contribution in [-0.2, 0) is 7.05 Å². The lowest BCUT2D eigenvalue weighted by Crippen LogP contribution is -2.31. The highest BCUT2D eigenvalue weighted by Gasteiger charge is 2.18. The molecule has 1 heterocycles. The van der Waals surface area contributed by atoms with Gasteiger partial charge in [0.1, 0.15) is 0 Å². The summed E-state index contributed by atoms with van der Waals surface area (Å²) in [6, 6.07) is 2.83. The average molecular weight is 352 g/mol. The van der Waals surface area contributed by atoms with Gasteiger partial charge in [-0.1, -0.05) is 16.7 Å². The second kappa shape index (κ2) is 7.26. The minimum atomic E-state index is -0.401. The Labute approximate surface area is 144 Å². The molecule has 2 rings (SSSR count). The van der Waals surface area contributed by atoms with Crippen molar-refractivity contribution >= 4 is 35.2 Å². The zero-order valence-electron chi connectivity index (χ0n) is 13.8. The number of aromatic nitrogens is 4. The van der Waals surface area contributed by atoms with E-state index in [-0.39, 0.29) is 12.0 Å². The molecule has 1 aromatic carbocycles. The van der Waals surface area contributed by atoms with Crippen molar-refractivity contribution in [2.45, 2.75) is 13.8 Å². The molecule has 0 radical (unpaired) electrons. The molecule has 2 aromatic rings. The van der Waals surface area contributed by atoms with Crippen molar-refractivity contribution in [3.8, 4) is 0 Å². The predicted octanol–water partition coefficient (Wildman–Crippen LogP) is 1.91. The molecule has 0 bridgehead atoms. The number of rotatable bonds is 4. The van der Waals surface area contributed by atoms with Gasteiger partial charge in [0.05, 0.1) is 10.7 Å². The van der Waals surface area contributed by atoms with E-state index in [9.17, 15) is 9.59 Å². The normalized spacial score (nSPS) is 10.4. The molecule has 1 aromatic heterocycles. The maximum absolute atomic E-state index is 12.4. The molecule has 0 saturated carbocycles. The zero-order chi connectivity index (χ0) is 17.9. The number of hydrogen-bond acceptors (Lipinski definition) is 5. The number of urea groups is 1. The highest BCUT2D eigenvalue weighted by molar-refractivity contribution is 6.34. The van der Waals surface area contributed by atoms with Crippen molar-refractivity contribution in [2.75, 3.05) is 24.2 Å². The molecular formula is C14H18ClN7O2. The third-order valence-corrected chi connectivity index (χ3v) is 3.87. The van der Waals surface area contributed by atoms with Crippen LogP contribution in [0, 0.1) is 6.92 Å². The molecule has 0 aliphatic rings. The Kier molecular flexibility index (Phi) is 5.35. The number of tetrazole rings is 1. The quantitative estimate of drug-likeness (QED) is 0.875. The van der Waals surface area contributed by atoms with E-state index in [2.05, 4.69) is 26.2 Å². The summed E-state index contributed by atoms with van der Waals surface area (Å²) >= 11 is 6.16. The number of benzene rings is 1. The smallest absolute Gasteiger partial charge is 0.321 e. The van der Waals surface area contributed by atoms with E-state index in [0.717, 1.165) is 0 Å². The fraction of sp³-hybridized carbons (Fsp3) is 0.357. The van der Waals surface area contributed by atoms with Gasteiger partial charge in [0.25, 0.3) is 5.91 Å². The molecule has 24 heavy (non-hydrogen) atoms. The molecule has 0 saturated heterocycles. The number of carbonyl (C=O) groups excluding carboxylic acids is 2. The Hall–Kier alpha value is -2.68. The molecule has 9 nitrogen and oxygen atoms in total. The van der Waals surface area contributed by atoms with Gasteiger partial charge in [0.2, 0.25) is 5.95 Å². The summed E-state index contributed by atoms with van der Waals surface area (Å²) in [4.78, 5) is 26.0. The Bertz CT molecular complexity index is 774. The monoisotopic (exact) mass is 351 g/mol. The van der Waals surface area contributed by atoms with Crippen LogP contribution in [0.1, 0.15) is 22.8 Å². The van der Waals surface area contributed by atoms with Crippen LogP contribution in [0.15, 0.2) is 12.1 Å². The summed E-state index contributed by atoms with van der Waals surface area (Å²) in [6.07, 6.45) is 0. The van der Waals surface area contributed by atoms with Crippen LogP contribution in [0.3, 0.4) is 0 Å². The molecule has 3 amide bonds. The topological polar surface area (TPSA) is 105 Å². The molecule has 2 N–H and O–H groups in total. The van der Waals surface area contributed by atoms with Crippen molar-refractivity contribution in [3.05, 3.63) is 28.3 Å². The van der Waals surface area contributed by atoms with E-state index >= 15 is 0 Å². The van der Waals surface area contributed by atoms with Crippen LogP contribution < -0.4 is 10.6 Å². The lowest BCUT2D eigenvalue weighted by molar-refractivity contribution is 0.102. The van der Waals surface area contributed by atoms with Crippen LogP contribution in [0.25, 0.3) is 0 Å². The SMILES string of the molecule is CCN(C)C(=O)Nc1c(Cl)ccc(C(=O)Nc2nnnn2C)c1C. The first-order chi connectivity index (χ1) is 11.3. The molecule has 0 spiro atoms. The second-order valence-corrected chi connectivity index (χ2v) is 5.53. The van der Waals surface area contributed by atoms with E-state index in [4.69, 9.17) is 11.6 Å². The highest BCUT2D eigenvalue weighted by Crippen LogP contribution is 2.29. The first-order valence-electron chi connectivity index (χ1n) is 7.20. The van der Waals surface area contributed by atoms with Crippen molar-refractivity contribution in [3.63, 3.8) is 0 Å². The Morgan fingerprint density at radius 2 is 2.04 bits per heavy atom. The first-order valence-corrected chi connectivity index (χ1v) is 7.57. The van der Waals surface area contributed by atoms with Gasteiger partial charge >= 0.3 is 6.03 Å². The Morgan fingerprint density at radius 3 is 2.62 bits per heavy atom. The maximum Gasteiger partial charge on any atom is 0.321 e. The van der Waals surface area contributed by atoms with Gasteiger partial charge in [0, 0.05) is 26.2 Å². The van der Waals surface area contributed by atoms with Gasteiger partial charge in [-0.25, -0.2) is 9.48 Å². The largest absolute Gasteiger partial charge is 0.328 e. The number of anilines is 2. The van der Waals surface area contributed by atoms with Gasteiger partial charge in [-0.2, -0.15) is 0 Å². The maximum atomic E-state index is 12.4. The molecule has 128 valence electrons. The molecule has 10 heteroatoms. The van der Waals surface area contributed by atoms with Gasteiger partial charge in [0.15, 0.2) is 0 Å². The van der Waals surface area contributed by atoms with Crippen molar-refractivity contribution < 1.29 is 9.59 Å². The fourth-order valence-corrected chi connectivity index (χ4v) is 2.18. The van der Waals surface area contributed by atoms with E-state index in [1.54, 1.807) is 33.2 Å². The number of hydrogen-bond donors (Lipinski definition) is 2. The van der Waals surface area contributed by atoms with Crippen molar-refractivity contribution in [1.82, 2.24) is 25.1 Å². The summed E-state index contributed by atoms with van der Waals surface area (Å²) in [7, 11) is 3.27. The van der Waals surface area contributed by atoms with Crippen molar-refractivity contribution in [2.24, 2.45) is 7.05 Å². The molecular weight excluding hydrogens is 334 g/mol. The predicted molar refractivity (Wildman–Crippen MR) is 90.3 cm³/mol. The molecule has 0 aliphatic heterocycles. The third kappa shape index (κ3) is 3.62. The van der Waals surface area contributed by atoms with Crippen molar-refractivity contribution in [1.29, 1.82) is 0 Å². The summed E-state index contributed by atoms with van der Waals surface area (Å²) in [6.45, 7) is 4.10. The van der Waals surface area contributed by atoms with E-state index in [1.165, 1.54) is 9.58 Å². The number of nitrogens with zero attached hydrogens (tertiary/aromatic N) is 5. The fourth-order valence-electron chi connectivity index (χ4n) is 1.93. The average Bonchev–Trinajstić information content (AvgIpc) is 2.95. The standard InChI is InChI=1S/C14H18ClN7O2/c1-5-21(3)14(24)16-11-8(2)9(6-7-10(11)15)12(23)17-13-18-19-20-22(13)4/h6-7H,5H2,1-4H3,(H,16,24)(H,17,18,20,23). The molecule has 0 unspecified atom stereocenters. The zero-order valence-corrected chi connectivity index (χ0v) is 14.5. The summed E-state index contributed by atoms with van der Waals surface area (Å²) in [5, 5.41) is 16.5. The number of nitrogens with one attached hydrogen (secondary N) is 2. The van der Waals surface area contributed by atoms with Crippen LogP contribution in [0.5, 0.6) is 0 Å². The number of halogens is 1. The first kappa shape index (κ1) is 17.7. The lowest BCUT2D eigenvalue weighted by atomic mass is 10.1. The lowest BCUT2D eigenvalue weighted by Gasteiger charge is -2.18. The Balaban J connectivity index is 2.29. The number of carbonyl (C=O) groups is 2. The summed E-state index contributed by atoms with van der Waals surface area (Å²) < 4.78 is 1.34. The summed E-state index contributed by atoms with van der Waals surface area (Å²) in [5.41, 5.74) is 1.30. The van der Waals surface area contributed by atoms with Crippen LogP contribution in [-0.4, -0.2) is 50.6 Å². The van der Waals surface area contributed by atoms with Crippen LogP contribution >= 0.6 is 11.6 Å². The van der Waals surface area contributed by atoms with Gasteiger partial charge in [-0.05, 0) is 42.0 Å². The summed E-state index contributed by atoms with van der Waals surface area (Å²) in [5.74, 6) is -0.188. The van der Waals surface area contributed by atoms with E-state index in [1.807, 2.05) is 6.92 Å². The van der Waals surface area contributed by atoms with E-state index in [0.29, 0.717) is 28.4 Å². The van der Waals surface area contributed by atoms with Crippen LogP contribution in [0.2, 0.25) is 5.02 Å². The van der Waals surface area contributed by atoms with Gasteiger partial charge < -0.3 is 10.2 Å². The third-order valence-electron chi connectivity index (χ3n) is 3.56. The van der Waals surface area contributed by atoms with Crippen LogP contribution in [0.4, 0.5) is 16.4 Å². The highest BCUT2D eigenvalue weighted by atomic mass is 35.5. The molecule has 0 aliphatic carbocycles. The van der Waals surface area contributed by atoms with Gasteiger partial charge in [-0.3, -0.25) is 10.1 Å². The minimum absolute atomic E-state index is 0.214. The van der Waals surface area contributed by atoms with E-state index < -0.39 is 5.91 Å². The number of amides is 3. The second-order valence-electron chi connectivity index (χ2n) is 5.12. The molecule has 0 fully saturated rings. The minimum Gasteiger partial charge on any atom is -0.328 e. The number of aryl methyl sites for hydroxylation is 1. The Morgan fingerprint density at radius 1 is 1.33 bits per heavy atom. The molecule has 0 atom stereocenters.